The zero-order chi connectivity index (χ0) is 11.1. The number of hydrogen-bond donors (Lipinski definition) is 1. The smallest absolute Gasteiger partial charge is 0.0558 e. The van der Waals surface area contributed by atoms with E-state index >= 15 is 0 Å². The van der Waals surface area contributed by atoms with E-state index < -0.39 is 0 Å². The largest absolute Gasteiger partial charge is 0.395 e. The Morgan fingerprint density at radius 2 is 2.00 bits per heavy atom. The number of nitrogens with zero attached hydrogens (tertiary/aromatic N) is 1. The zero-order valence-corrected chi connectivity index (χ0v) is 9.32. The number of hydrogen-bond acceptors (Lipinski definition) is 2. The van der Waals surface area contributed by atoms with Crippen LogP contribution in [-0.2, 0) is 6.54 Å². The lowest BCUT2D eigenvalue weighted by atomic mass is 10.1. The Balaban J connectivity index is 2.56. The summed E-state index contributed by atoms with van der Waals surface area (Å²) in [7, 11) is 0. The molecule has 2 nitrogen and oxygen atoms in total. The van der Waals surface area contributed by atoms with Crippen LogP contribution in [0.25, 0.3) is 0 Å². The predicted molar refractivity (Wildman–Crippen MR) is 63.7 cm³/mol. The van der Waals surface area contributed by atoms with E-state index in [1.165, 1.54) is 11.1 Å². The van der Waals surface area contributed by atoms with Crippen molar-refractivity contribution in [2.24, 2.45) is 0 Å². The van der Waals surface area contributed by atoms with E-state index in [1.54, 1.807) is 0 Å². The Labute approximate surface area is 91.9 Å². The fourth-order valence-corrected chi connectivity index (χ4v) is 1.51. The van der Waals surface area contributed by atoms with Gasteiger partial charge in [0.15, 0.2) is 0 Å². The van der Waals surface area contributed by atoms with Crippen LogP contribution in [0.4, 0.5) is 0 Å². The highest BCUT2D eigenvalue weighted by molar-refractivity contribution is 5.21. The number of aliphatic hydroxyl groups is 1. The molecule has 0 atom stereocenters. The Bertz CT molecular complexity index is 292. The molecular weight excluding hydrogens is 186 g/mol. The normalized spacial score (nSPS) is 10.6. The summed E-state index contributed by atoms with van der Waals surface area (Å²) in [5.74, 6) is 0. The molecular formula is C13H19NO. The summed E-state index contributed by atoms with van der Waals surface area (Å²) in [4.78, 5) is 2.16. The van der Waals surface area contributed by atoms with E-state index in [-0.39, 0.29) is 6.61 Å². The Kier molecular flexibility index (Phi) is 5.08. The maximum absolute atomic E-state index is 8.91. The van der Waals surface area contributed by atoms with Gasteiger partial charge >= 0.3 is 0 Å². The maximum atomic E-state index is 8.91. The van der Waals surface area contributed by atoms with Crippen molar-refractivity contribution >= 4 is 0 Å². The van der Waals surface area contributed by atoms with Gasteiger partial charge in [-0.15, -0.1) is 6.58 Å². The van der Waals surface area contributed by atoms with Gasteiger partial charge in [0.1, 0.15) is 0 Å². The standard InChI is InChI=1S/C13H19NO/c1-3-8-14(9-10-15)11-13-6-4-12(2)5-7-13/h3-7,15H,1,8-11H2,2H3. The lowest BCUT2D eigenvalue weighted by molar-refractivity contribution is 0.203. The van der Waals surface area contributed by atoms with Gasteiger partial charge in [-0.3, -0.25) is 4.90 Å². The van der Waals surface area contributed by atoms with Crippen LogP contribution in [0.3, 0.4) is 0 Å². The lowest BCUT2D eigenvalue weighted by Gasteiger charge is -2.19. The first-order chi connectivity index (χ1) is 7.26. The molecule has 2 heteroatoms. The van der Waals surface area contributed by atoms with Crippen molar-refractivity contribution in [2.45, 2.75) is 13.5 Å². The maximum Gasteiger partial charge on any atom is 0.0558 e. The summed E-state index contributed by atoms with van der Waals surface area (Å²) in [6, 6.07) is 8.48. The van der Waals surface area contributed by atoms with Gasteiger partial charge in [-0.25, -0.2) is 0 Å². The molecule has 1 N–H and O–H groups in total. The minimum Gasteiger partial charge on any atom is -0.395 e. The quantitative estimate of drug-likeness (QED) is 0.718. The molecule has 0 unspecified atom stereocenters. The fourth-order valence-electron chi connectivity index (χ4n) is 1.51. The predicted octanol–water partition coefficient (Wildman–Crippen LogP) is 1.98. The van der Waals surface area contributed by atoms with Crippen molar-refractivity contribution in [1.82, 2.24) is 4.90 Å². The van der Waals surface area contributed by atoms with E-state index in [4.69, 9.17) is 5.11 Å². The molecule has 0 amide bonds. The molecule has 15 heavy (non-hydrogen) atoms. The Hall–Kier alpha value is -1.12. The van der Waals surface area contributed by atoms with Gasteiger partial charge in [-0.1, -0.05) is 35.9 Å². The first-order valence-corrected chi connectivity index (χ1v) is 5.26. The number of aliphatic hydroxyl groups excluding tert-OH is 1. The Morgan fingerprint density at radius 1 is 1.33 bits per heavy atom. The van der Waals surface area contributed by atoms with Gasteiger partial charge in [0.25, 0.3) is 0 Å². The van der Waals surface area contributed by atoms with Gasteiger partial charge in [-0.05, 0) is 12.5 Å². The van der Waals surface area contributed by atoms with E-state index in [1.807, 2.05) is 6.08 Å². The molecule has 0 spiro atoms. The second-order valence-electron chi connectivity index (χ2n) is 3.73. The molecule has 1 aromatic carbocycles. The monoisotopic (exact) mass is 205 g/mol. The van der Waals surface area contributed by atoms with Gasteiger partial charge < -0.3 is 5.11 Å². The number of rotatable bonds is 6. The summed E-state index contributed by atoms with van der Waals surface area (Å²) in [5.41, 5.74) is 2.55. The molecule has 0 aliphatic rings. The third-order valence-corrected chi connectivity index (χ3v) is 2.33. The van der Waals surface area contributed by atoms with Gasteiger partial charge in [-0.2, -0.15) is 0 Å². The molecule has 0 radical (unpaired) electrons. The highest BCUT2D eigenvalue weighted by Gasteiger charge is 2.02. The molecule has 0 aliphatic carbocycles. The fraction of sp³-hybridized carbons (Fsp3) is 0.385. The zero-order valence-electron chi connectivity index (χ0n) is 9.32. The van der Waals surface area contributed by atoms with E-state index in [0.29, 0.717) is 6.54 Å². The number of benzene rings is 1. The minimum atomic E-state index is 0.194. The highest BCUT2D eigenvalue weighted by Crippen LogP contribution is 2.06. The minimum absolute atomic E-state index is 0.194. The summed E-state index contributed by atoms with van der Waals surface area (Å²) in [6.07, 6.45) is 1.86. The van der Waals surface area contributed by atoms with Gasteiger partial charge in [0.2, 0.25) is 0 Å². The van der Waals surface area contributed by atoms with Crippen molar-refractivity contribution in [3.63, 3.8) is 0 Å². The van der Waals surface area contributed by atoms with Crippen LogP contribution in [0.2, 0.25) is 0 Å². The van der Waals surface area contributed by atoms with Crippen LogP contribution in [0.5, 0.6) is 0 Å². The molecule has 1 rings (SSSR count). The van der Waals surface area contributed by atoms with E-state index in [0.717, 1.165) is 13.1 Å². The highest BCUT2D eigenvalue weighted by atomic mass is 16.3. The summed E-state index contributed by atoms with van der Waals surface area (Å²) < 4.78 is 0. The van der Waals surface area contributed by atoms with Crippen LogP contribution in [-0.4, -0.2) is 29.7 Å². The van der Waals surface area contributed by atoms with E-state index in [2.05, 4.69) is 42.7 Å². The topological polar surface area (TPSA) is 23.5 Å². The summed E-state index contributed by atoms with van der Waals surface area (Å²) >= 11 is 0. The second kappa shape index (κ2) is 6.38. The van der Waals surface area contributed by atoms with Gasteiger partial charge in [0, 0.05) is 19.6 Å². The third-order valence-electron chi connectivity index (χ3n) is 2.33. The third kappa shape index (κ3) is 4.28. The molecule has 0 aromatic heterocycles. The molecule has 0 bridgehead atoms. The first kappa shape index (κ1) is 12.0. The van der Waals surface area contributed by atoms with Crippen LogP contribution in [0.15, 0.2) is 36.9 Å². The molecule has 0 saturated carbocycles. The Morgan fingerprint density at radius 3 is 2.53 bits per heavy atom. The molecule has 82 valence electrons. The van der Waals surface area contributed by atoms with Crippen molar-refractivity contribution in [2.75, 3.05) is 19.7 Å². The number of aryl methyl sites for hydroxylation is 1. The first-order valence-electron chi connectivity index (χ1n) is 5.26. The summed E-state index contributed by atoms with van der Waals surface area (Å²) in [6.45, 7) is 8.37. The molecule has 0 heterocycles. The average Bonchev–Trinajstić information content (AvgIpc) is 2.22. The van der Waals surface area contributed by atoms with Gasteiger partial charge in [0.05, 0.1) is 6.61 Å². The second-order valence-corrected chi connectivity index (χ2v) is 3.73. The summed E-state index contributed by atoms with van der Waals surface area (Å²) in [5, 5.41) is 8.91. The van der Waals surface area contributed by atoms with Crippen LogP contribution < -0.4 is 0 Å². The SMILES string of the molecule is C=CCN(CCO)Cc1ccc(C)cc1. The van der Waals surface area contributed by atoms with Crippen molar-refractivity contribution in [1.29, 1.82) is 0 Å². The van der Waals surface area contributed by atoms with Crippen LogP contribution in [0, 0.1) is 6.92 Å². The van der Waals surface area contributed by atoms with Crippen molar-refractivity contribution in [3.8, 4) is 0 Å². The van der Waals surface area contributed by atoms with Crippen molar-refractivity contribution in [3.05, 3.63) is 48.0 Å². The lowest BCUT2D eigenvalue weighted by Crippen LogP contribution is -2.26. The average molecular weight is 205 g/mol. The van der Waals surface area contributed by atoms with Crippen LogP contribution in [0.1, 0.15) is 11.1 Å². The molecule has 0 aliphatic heterocycles. The molecule has 1 aromatic rings. The van der Waals surface area contributed by atoms with Crippen LogP contribution >= 0.6 is 0 Å². The van der Waals surface area contributed by atoms with E-state index in [9.17, 15) is 0 Å². The molecule has 0 saturated heterocycles. The molecule has 0 fully saturated rings. The van der Waals surface area contributed by atoms with Crippen molar-refractivity contribution < 1.29 is 5.11 Å².